The lowest BCUT2D eigenvalue weighted by molar-refractivity contribution is 0.0932. The predicted molar refractivity (Wildman–Crippen MR) is 64.2 cm³/mol. The van der Waals surface area contributed by atoms with E-state index in [2.05, 4.69) is 11.9 Å². The first-order valence-electron chi connectivity index (χ1n) is 4.47. The molecule has 0 radical (unpaired) electrons. The minimum atomic E-state index is -0.352. The van der Waals surface area contributed by atoms with Crippen molar-refractivity contribution in [3.05, 3.63) is 29.7 Å². The summed E-state index contributed by atoms with van der Waals surface area (Å²) in [7, 11) is 1.99. The zero-order valence-corrected chi connectivity index (χ0v) is 9.57. The van der Waals surface area contributed by atoms with E-state index in [-0.39, 0.29) is 11.4 Å². The summed E-state index contributed by atoms with van der Waals surface area (Å²) in [4.78, 5) is 12.4. The van der Waals surface area contributed by atoms with Crippen LogP contribution in [0.1, 0.15) is 23.5 Å². The first-order chi connectivity index (χ1) is 6.44. The van der Waals surface area contributed by atoms with E-state index in [1.54, 1.807) is 6.08 Å². The molecule has 0 atom stereocenters. The molecule has 0 unspecified atom stereocenters. The Labute approximate surface area is 89.4 Å². The Kier molecular flexibility index (Phi) is 3.16. The Morgan fingerprint density at radius 2 is 2.29 bits per heavy atom. The van der Waals surface area contributed by atoms with Gasteiger partial charge >= 0.3 is 0 Å². The topological polar surface area (TPSA) is 29.1 Å². The Bertz CT molecular complexity index is 357. The summed E-state index contributed by atoms with van der Waals surface area (Å²) in [6, 6.07) is 3.79. The van der Waals surface area contributed by atoms with Gasteiger partial charge in [0, 0.05) is 0 Å². The molecule has 0 aliphatic heterocycles. The van der Waals surface area contributed by atoms with E-state index in [1.165, 1.54) is 11.3 Å². The molecule has 1 N–H and O–H groups in total. The van der Waals surface area contributed by atoms with Crippen LogP contribution in [-0.2, 0) is 0 Å². The van der Waals surface area contributed by atoms with Gasteiger partial charge in [0.05, 0.1) is 10.4 Å². The second-order valence-corrected chi connectivity index (χ2v) is 5.08. The third kappa shape index (κ3) is 2.74. The maximum atomic E-state index is 11.7. The Morgan fingerprint density at radius 3 is 2.71 bits per heavy atom. The van der Waals surface area contributed by atoms with Crippen LogP contribution in [0.2, 0.25) is 0 Å². The van der Waals surface area contributed by atoms with Gasteiger partial charge in [0.2, 0.25) is 0 Å². The molecule has 0 saturated heterocycles. The predicted octanol–water partition coefficient (Wildman–Crippen LogP) is 0.701. The van der Waals surface area contributed by atoms with Crippen molar-refractivity contribution in [2.24, 2.45) is 0 Å². The minimum Gasteiger partial charge on any atom is -0.343 e. The van der Waals surface area contributed by atoms with Crippen LogP contribution in [0.25, 0.3) is 0 Å². The highest BCUT2D eigenvalue weighted by Gasteiger charge is 2.17. The highest BCUT2D eigenvalue weighted by molar-refractivity contribution is 7.21. The molecule has 0 aliphatic carbocycles. The molecule has 0 spiro atoms. The van der Waals surface area contributed by atoms with Crippen molar-refractivity contribution in [3.63, 3.8) is 0 Å². The van der Waals surface area contributed by atoms with Crippen LogP contribution in [-0.4, -0.2) is 19.3 Å². The summed E-state index contributed by atoms with van der Waals surface area (Å²) in [5, 5.41) is 2.89. The molecule has 74 valence electrons. The number of rotatable bonds is 3. The first-order valence-corrected chi connectivity index (χ1v) is 5.29. The maximum Gasteiger partial charge on any atom is 0.261 e. The molecule has 1 heterocycles. The molecule has 4 heteroatoms. The number of carbonyl (C=O) groups is 1. The van der Waals surface area contributed by atoms with Gasteiger partial charge in [-0.3, -0.25) is 4.79 Å². The summed E-state index contributed by atoms with van der Waals surface area (Å²) in [5.74, 6) is -0.0343. The molecule has 0 saturated carbocycles. The van der Waals surface area contributed by atoms with E-state index in [1.807, 2.05) is 33.8 Å². The van der Waals surface area contributed by atoms with E-state index in [0.717, 1.165) is 9.65 Å². The number of hydrogen-bond acceptors (Lipinski definition) is 2. The van der Waals surface area contributed by atoms with Crippen molar-refractivity contribution in [2.45, 2.75) is 19.4 Å². The molecule has 1 aromatic rings. The van der Waals surface area contributed by atoms with Gasteiger partial charge in [-0.1, -0.05) is 12.1 Å². The molecular formula is C10H14BNOS. The first kappa shape index (κ1) is 11.1. The minimum absolute atomic E-state index is 0.0343. The van der Waals surface area contributed by atoms with Crippen LogP contribution >= 0.6 is 11.3 Å². The molecule has 1 aromatic heterocycles. The fraction of sp³-hybridized carbons (Fsp3) is 0.300. The number of hydrogen-bond donors (Lipinski definition) is 1. The Hall–Kier alpha value is -1.03. The molecule has 2 nitrogen and oxygen atoms in total. The van der Waals surface area contributed by atoms with Gasteiger partial charge in [-0.2, -0.15) is 0 Å². The normalized spacial score (nSPS) is 11.0. The largest absolute Gasteiger partial charge is 0.343 e. The fourth-order valence-electron chi connectivity index (χ4n) is 0.962. The van der Waals surface area contributed by atoms with Crippen molar-refractivity contribution >= 4 is 29.9 Å². The van der Waals surface area contributed by atoms with E-state index >= 15 is 0 Å². The summed E-state index contributed by atoms with van der Waals surface area (Å²) >= 11 is 1.50. The van der Waals surface area contributed by atoms with Crippen LogP contribution in [0, 0.1) is 0 Å². The van der Waals surface area contributed by atoms with Gasteiger partial charge in [-0.05, 0) is 24.7 Å². The molecule has 0 bridgehead atoms. The van der Waals surface area contributed by atoms with Crippen molar-refractivity contribution < 1.29 is 4.79 Å². The van der Waals surface area contributed by atoms with Gasteiger partial charge in [0.25, 0.3) is 5.91 Å². The number of amides is 1. The van der Waals surface area contributed by atoms with Gasteiger partial charge in [-0.25, -0.2) is 0 Å². The SMILES string of the molecule is Bc1ccc(C(=O)NC(C)(C)C=C)s1. The van der Waals surface area contributed by atoms with Gasteiger partial charge in [0.15, 0.2) is 7.85 Å². The van der Waals surface area contributed by atoms with Crippen LogP contribution in [0.4, 0.5) is 0 Å². The summed E-state index contributed by atoms with van der Waals surface area (Å²) in [5.41, 5.74) is -0.352. The lowest BCUT2D eigenvalue weighted by atomic mass is 10.1. The molecule has 0 fully saturated rings. The highest BCUT2D eigenvalue weighted by atomic mass is 32.1. The third-order valence-corrected chi connectivity index (χ3v) is 2.91. The van der Waals surface area contributed by atoms with Crippen LogP contribution in [0.15, 0.2) is 24.8 Å². The highest BCUT2D eigenvalue weighted by Crippen LogP contribution is 2.09. The van der Waals surface area contributed by atoms with Crippen molar-refractivity contribution in [2.75, 3.05) is 0 Å². The molecule has 1 amide bonds. The van der Waals surface area contributed by atoms with Crippen LogP contribution < -0.4 is 10.1 Å². The van der Waals surface area contributed by atoms with Crippen LogP contribution in [0.3, 0.4) is 0 Å². The second-order valence-electron chi connectivity index (χ2n) is 3.79. The summed E-state index contributed by atoms with van der Waals surface area (Å²) in [6.07, 6.45) is 1.73. The monoisotopic (exact) mass is 207 g/mol. The smallest absolute Gasteiger partial charge is 0.261 e. The lowest BCUT2D eigenvalue weighted by Gasteiger charge is -2.21. The molecule has 1 rings (SSSR count). The molecule has 14 heavy (non-hydrogen) atoms. The van der Waals surface area contributed by atoms with Crippen molar-refractivity contribution in [1.82, 2.24) is 5.32 Å². The average molecular weight is 207 g/mol. The number of carbonyl (C=O) groups excluding carboxylic acids is 1. The van der Waals surface area contributed by atoms with Gasteiger partial charge in [-0.15, -0.1) is 17.9 Å². The zero-order valence-electron chi connectivity index (χ0n) is 8.76. The van der Waals surface area contributed by atoms with Gasteiger partial charge < -0.3 is 5.32 Å². The summed E-state index contributed by atoms with van der Waals surface area (Å²) < 4.78 is 1.14. The Morgan fingerprint density at radius 1 is 1.64 bits per heavy atom. The van der Waals surface area contributed by atoms with Gasteiger partial charge in [0.1, 0.15) is 0 Å². The second kappa shape index (κ2) is 4.01. The van der Waals surface area contributed by atoms with E-state index in [0.29, 0.717) is 0 Å². The maximum absolute atomic E-state index is 11.7. The van der Waals surface area contributed by atoms with E-state index in [4.69, 9.17) is 0 Å². The fourth-order valence-corrected chi connectivity index (χ4v) is 1.72. The third-order valence-electron chi connectivity index (χ3n) is 1.91. The standard InChI is InChI=1S/C10H14BNOS/c1-4-10(2,3)12-9(13)7-5-6-8(11)14-7/h4-6H,1,11H2,2-3H3,(H,12,13). The quantitative estimate of drug-likeness (QED) is 0.573. The van der Waals surface area contributed by atoms with Crippen molar-refractivity contribution in [3.8, 4) is 0 Å². The lowest BCUT2D eigenvalue weighted by Crippen LogP contribution is -2.41. The molecular weight excluding hydrogens is 193 g/mol. The Balaban J connectivity index is 2.73. The zero-order chi connectivity index (χ0) is 10.8. The number of nitrogens with one attached hydrogen (secondary N) is 1. The average Bonchev–Trinajstić information content (AvgIpc) is 2.51. The summed E-state index contributed by atoms with van der Waals surface area (Å²) in [6.45, 7) is 7.50. The molecule has 0 aliphatic rings. The van der Waals surface area contributed by atoms with Crippen LogP contribution in [0.5, 0.6) is 0 Å². The van der Waals surface area contributed by atoms with E-state index in [9.17, 15) is 4.79 Å². The number of thiophene rings is 1. The van der Waals surface area contributed by atoms with Crippen molar-refractivity contribution in [1.29, 1.82) is 0 Å². The van der Waals surface area contributed by atoms with E-state index < -0.39 is 0 Å². The molecule has 0 aromatic carbocycles.